The number of hydrogen-bond acceptors (Lipinski definition) is 6. The first kappa shape index (κ1) is 17.8. The van der Waals surface area contributed by atoms with Crippen LogP contribution in [0.2, 0.25) is 0 Å². The van der Waals surface area contributed by atoms with Crippen LogP contribution in [0.15, 0.2) is 6.07 Å². The maximum absolute atomic E-state index is 5.47. The highest BCUT2D eigenvalue weighted by Gasteiger charge is 2.20. The number of aromatic nitrogens is 5. The van der Waals surface area contributed by atoms with E-state index in [1.54, 1.807) is 0 Å². The van der Waals surface area contributed by atoms with Crippen molar-refractivity contribution < 1.29 is 4.74 Å². The molecule has 1 aliphatic rings. The molecule has 0 atom stereocenters. The third-order valence-electron chi connectivity index (χ3n) is 5.30. The molecule has 1 saturated heterocycles. The predicted molar refractivity (Wildman–Crippen MR) is 106 cm³/mol. The topological polar surface area (TPSA) is 75.1 Å². The molecule has 27 heavy (non-hydrogen) atoms. The van der Waals surface area contributed by atoms with Gasteiger partial charge >= 0.3 is 0 Å². The summed E-state index contributed by atoms with van der Waals surface area (Å²) in [5, 5.41) is 5.59. The lowest BCUT2D eigenvalue weighted by atomic mass is 10.2. The third kappa shape index (κ3) is 3.25. The van der Waals surface area contributed by atoms with E-state index < -0.39 is 0 Å². The molecular formula is C19H27N7O. The van der Waals surface area contributed by atoms with Crippen molar-refractivity contribution in [2.75, 3.05) is 43.2 Å². The summed E-state index contributed by atoms with van der Waals surface area (Å²) in [6, 6.07) is 2.12. The smallest absolute Gasteiger partial charge is 0.229 e. The van der Waals surface area contributed by atoms with Gasteiger partial charge in [0.2, 0.25) is 5.95 Å². The molecule has 144 valence electrons. The van der Waals surface area contributed by atoms with Crippen molar-refractivity contribution in [3.63, 3.8) is 0 Å². The summed E-state index contributed by atoms with van der Waals surface area (Å²) in [7, 11) is 4.07. The van der Waals surface area contributed by atoms with Gasteiger partial charge in [-0.15, -0.1) is 0 Å². The van der Waals surface area contributed by atoms with Gasteiger partial charge in [0.1, 0.15) is 11.5 Å². The lowest BCUT2D eigenvalue weighted by Gasteiger charge is -2.28. The van der Waals surface area contributed by atoms with Crippen LogP contribution in [0.1, 0.15) is 22.6 Å². The highest BCUT2D eigenvalue weighted by atomic mass is 16.5. The number of hydrogen-bond donors (Lipinski definition) is 1. The van der Waals surface area contributed by atoms with Crippen molar-refractivity contribution in [2.24, 2.45) is 7.05 Å². The van der Waals surface area contributed by atoms with Crippen LogP contribution in [-0.4, -0.2) is 58.1 Å². The number of aromatic amines is 1. The average molecular weight is 369 g/mol. The molecule has 8 heteroatoms. The first-order valence-corrected chi connectivity index (χ1v) is 9.34. The van der Waals surface area contributed by atoms with Gasteiger partial charge < -0.3 is 19.5 Å². The van der Waals surface area contributed by atoms with E-state index in [-0.39, 0.29) is 0 Å². The van der Waals surface area contributed by atoms with Gasteiger partial charge in [-0.2, -0.15) is 15.1 Å². The Morgan fingerprint density at radius 2 is 1.93 bits per heavy atom. The lowest BCUT2D eigenvalue weighted by molar-refractivity contribution is 0.122. The number of ether oxygens (including phenoxy) is 1. The predicted octanol–water partition coefficient (Wildman–Crippen LogP) is 2.09. The number of aryl methyl sites for hydroxylation is 3. The highest BCUT2D eigenvalue weighted by Crippen LogP contribution is 2.28. The normalized spacial score (nSPS) is 14.9. The zero-order valence-electron chi connectivity index (χ0n) is 16.7. The maximum atomic E-state index is 5.47. The molecular weight excluding hydrogens is 342 g/mol. The van der Waals surface area contributed by atoms with E-state index in [0.29, 0.717) is 13.2 Å². The van der Waals surface area contributed by atoms with E-state index in [2.05, 4.69) is 53.8 Å². The van der Waals surface area contributed by atoms with Gasteiger partial charge in [-0.3, -0.25) is 4.68 Å². The van der Waals surface area contributed by atoms with Crippen LogP contribution < -0.4 is 9.80 Å². The van der Waals surface area contributed by atoms with Crippen LogP contribution in [0.3, 0.4) is 0 Å². The SMILES string of the molecule is Cc1cc2c(N(C)Cc3c(C)nn(C)c3C)nc(N3CCOCC3)nc2[nH]1. The van der Waals surface area contributed by atoms with Gasteiger partial charge in [0.15, 0.2) is 0 Å². The molecule has 1 fully saturated rings. The van der Waals surface area contributed by atoms with Gasteiger partial charge in [-0.05, 0) is 26.8 Å². The molecule has 4 heterocycles. The number of fused-ring (bicyclic) bond motifs is 1. The first-order chi connectivity index (χ1) is 12.9. The second-order valence-corrected chi connectivity index (χ2v) is 7.29. The van der Waals surface area contributed by atoms with Crippen LogP contribution in [0.25, 0.3) is 11.0 Å². The molecule has 0 radical (unpaired) electrons. The van der Waals surface area contributed by atoms with Crippen LogP contribution >= 0.6 is 0 Å². The van der Waals surface area contributed by atoms with E-state index >= 15 is 0 Å². The molecule has 0 unspecified atom stereocenters. The summed E-state index contributed by atoms with van der Waals surface area (Å²) in [6.07, 6.45) is 0. The minimum atomic E-state index is 0.713. The van der Waals surface area contributed by atoms with Crippen molar-refractivity contribution in [1.82, 2.24) is 24.7 Å². The average Bonchev–Trinajstić information content (AvgIpc) is 3.15. The zero-order valence-corrected chi connectivity index (χ0v) is 16.7. The summed E-state index contributed by atoms with van der Waals surface area (Å²) in [5.41, 5.74) is 5.45. The lowest BCUT2D eigenvalue weighted by Crippen LogP contribution is -2.37. The fraction of sp³-hybridized carbons (Fsp3) is 0.526. The molecule has 3 aromatic heterocycles. The van der Waals surface area contributed by atoms with Crippen molar-refractivity contribution >= 4 is 22.8 Å². The Hall–Kier alpha value is -2.61. The molecule has 3 aromatic rings. The summed E-state index contributed by atoms with van der Waals surface area (Å²) < 4.78 is 7.41. The molecule has 0 aromatic carbocycles. The molecule has 0 bridgehead atoms. The summed E-state index contributed by atoms with van der Waals surface area (Å²) >= 11 is 0. The molecule has 1 aliphatic heterocycles. The number of nitrogens with one attached hydrogen (secondary N) is 1. The molecule has 0 spiro atoms. The monoisotopic (exact) mass is 369 g/mol. The van der Waals surface area contributed by atoms with E-state index in [9.17, 15) is 0 Å². The molecule has 8 nitrogen and oxygen atoms in total. The van der Waals surface area contributed by atoms with E-state index in [1.165, 1.54) is 11.3 Å². The third-order valence-corrected chi connectivity index (χ3v) is 5.30. The zero-order chi connectivity index (χ0) is 19.1. The van der Waals surface area contributed by atoms with Gasteiger partial charge in [0.05, 0.1) is 24.3 Å². The fourth-order valence-electron chi connectivity index (χ4n) is 3.67. The second-order valence-electron chi connectivity index (χ2n) is 7.29. The van der Waals surface area contributed by atoms with E-state index in [4.69, 9.17) is 14.7 Å². The summed E-state index contributed by atoms with van der Waals surface area (Å²) in [5.74, 6) is 1.70. The van der Waals surface area contributed by atoms with Crippen molar-refractivity contribution in [2.45, 2.75) is 27.3 Å². The van der Waals surface area contributed by atoms with Crippen LogP contribution in [0, 0.1) is 20.8 Å². The van der Waals surface area contributed by atoms with Crippen molar-refractivity contribution in [1.29, 1.82) is 0 Å². The van der Waals surface area contributed by atoms with Crippen LogP contribution in [0.4, 0.5) is 11.8 Å². The first-order valence-electron chi connectivity index (χ1n) is 9.34. The number of H-pyrrole nitrogens is 1. The van der Waals surface area contributed by atoms with Gasteiger partial charge in [-0.1, -0.05) is 0 Å². The van der Waals surface area contributed by atoms with Crippen molar-refractivity contribution in [3.8, 4) is 0 Å². The van der Waals surface area contributed by atoms with E-state index in [1.807, 2.05) is 11.7 Å². The minimum absolute atomic E-state index is 0.713. The van der Waals surface area contributed by atoms with Crippen LogP contribution in [-0.2, 0) is 18.3 Å². The Labute approximate surface area is 159 Å². The Morgan fingerprint density at radius 1 is 1.19 bits per heavy atom. The molecule has 0 aliphatic carbocycles. The molecule has 0 saturated carbocycles. The Balaban J connectivity index is 1.74. The number of morpholine rings is 1. The number of rotatable bonds is 4. The minimum Gasteiger partial charge on any atom is -0.378 e. The Morgan fingerprint density at radius 3 is 2.59 bits per heavy atom. The number of anilines is 2. The highest BCUT2D eigenvalue weighted by molar-refractivity contribution is 5.89. The molecule has 4 rings (SSSR count). The maximum Gasteiger partial charge on any atom is 0.229 e. The Kier molecular flexibility index (Phi) is 4.51. The Bertz CT molecular complexity index is 968. The van der Waals surface area contributed by atoms with Crippen LogP contribution in [0.5, 0.6) is 0 Å². The summed E-state index contributed by atoms with van der Waals surface area (Å²) in [6.45, 7) is 10.0. The standard InChI is InChI=1S/C19H27N7O/c1-12-10-15-17(20-12)21-19(26-6-8-27-9-7-26)22-18(15)24(4)11-16-13(2)23-25(5)14(16)3/h10H,6-9,11H2,1-5H3,(H,20,21,22). The number of nitrogens with zero attached hydrogens (tertiary/aromatic N) is 6. The van der Waals surface area contributed by atoms with Gasteiger partial charge in [0, 0.05) is 50.7 Å². The summed E-state index contributed by atoms with van der Waals surface area (Å²) in [4.78, 5) is 17.5. The second kappa shape index (κ2) is 6.84. The largest absolute Gasteiger partial charge is 0.378 e. The quantitative estimate of drug-likeness (QED) is 0.759. The van der Waals surface area contributed by atoms with E-state index in [0.717, 1.165) is 53.8 Å². The van der Waals surface area contributed by atoms with Gasteiger partial charge in [-0.25, -0.2) is 0 Å². The molecule has 1 N–H and O–H groups in total. The fourth-order valence-corrected chi connectivity index (χ4v) is 3.67. The molecule has 0 amide bonds. The van der Waals surface area contributed by atoms with Crippen molar-refractivity contribution in [3.05, 3.63) is 28.7 Å². The van der Waals surface area contributed by atoms with Gasteiger partial charge in [0.25, 0.3) is 0 Å².